The lowest BCUT2D eigenvalue weighted by atomic mass is 9.95. The van der Waals surface area contributed by atoms with Crippen molar-refractivity contribution in [3.8, 4) is 0 Å². The molecule has 3 aliphatic heterocycles. The fourth-order valence-electron chi connectivity index (χ4n) is 5.00. The van der Waals surface area contributed by atoms with Gasteiger partial charge in [0.05, 0.1) is 6.54 Å². The molecule has 0 radical (unpaired) electrons. The van der Waals surface area contributed by atoms with Crippen LogP contribution in [0.4, 0.5) is 5.69 Å². The maximum atomic E-state index is 12.7. The van der Waals surface area contributed by atoms with Crippen LogP contribution in [-0.2, 0) is 9.59 Å². The van der Waals surface area contributed by atoms with Gasteiger partial charge in [-0.25, -0.2) is 0 Å². The van der Waals surface area contributed by atoms with E-state index in [1.54, 1.807) is 0 Å². The van der Waals surface area contributed by atoms with Crippen LogP contribution in [0, 0.1) is 5.92 Å². The van der Waals surface area contributed by atoms with Crippen molar-refractivity contribution in [3.63, 3.8) is 0 Å². The molecule has 3 saturated heterocycles. The quantitative estimate of drug-likeness (QED) is 0.828. The van der Waals surface area contributed by atoms with Gasteiger partial charge in [-0.2, -0.15) is 0 Å². The van der Waals surface area contributed by atoms with Gasteiger partial charge in [0.2, 0.25) is 11.8 Å². The summed E-state index contributed by atoms with van der Waals surface area (Å²) in [6, 6.07) is 10.3. The maximum absolute atomic E-state index is 12.7. The first kappa shape index (κ1) is 20.4. The Morgan fingerprint density at radius 3 is 2.17 bits per heavy atom. The van der Waals surface area contributed by atoms with Gasteiger partial charge >= 0.3 is 0 Å². The number of carbonyl (C=O) groups is 2. The number of rotatable bonds is 5. The summed E-state index contributed by atoms with van der Waals surface area (Å²) in [6.45, 7) is 6.50. The Labute approximate surface area is 174 Å². The molecule has 3 aliphatic rings. The van der Waals surface area contributed by atoms with Crippen molar-refractivity contribution in [2.24, 2.45) is 5.92 Å². The van der Waals surface area contributed by atoms with Crippen LogP contribution >= 0.6 is 0 Å². The Morgan fingerprint density at radius 2 is 1.52 bits per heavy atom. The summed E-state index contributed by atoms with van der Waals surface area (Å²) in [7, 11) is 0. The molecule has 0 saturated carbocycles. The molecule has 0 atom stereocenters. The number of nitrogens with one attached hydrogen (secondary N) is 1. The van der Waals surface area contributed by atoms with Crippen LogP contribution in [0.2, 0.25) is 0 Å². The molecule has 6 heteroatoms. The van der Waals surface area contributed by atoms with E-state index in [4.69, 9.17) is 0 Å². The second-order valence-electron chi connectivity index (χ2n) is 8.76. The number of carbonyl (C=O) groups excluding carboxylic acids is 2. The molecule has 1 aromatic carbocycles. The van der Waals surface area contributed by atoms with Crippen LogP contribution < -0.4 is 5.32 Å². The average Bonchev–Trinajstić information content (AvgIpc) is 3.30. The SMILES string of the molecule is O=C(Nc1ccccc1)C1CCN(C(=O)CN2CCC(N3CCCC3)CC2)CC1. The van der Waals surface area contributed by atoms with Crippen LogP contribution in [0.15, 0.2) is 30.3 Å². The summed E-state index contributed by atoms with van der Waals surface area (Å²) < 4.78 is 0. The number of likely N-dealkylation sites (tertiary alicyclic amines) is 3. The molecule has 3 heterocycles. The Bertz CT molecular complexity index is 673. The highest BCUT2D eigenvalue weighted by Gasteiger charge is 2.30. The first-order valence-electron chi connectivity index (χ1n) is 11.3. The van der Waals surface area contributed by atoms with E-state index in [1.165, 1.54) is 38.8 Å². The van der Waals surface area contributed by atoms with Gasteiger partial charge < -0.3 is 15.1 Å². The van der Waals surface area contributed by atoms with E-state index in [9.17, 15) is 9.59 Å². The molecule has 158 valence electrons. The summed E-state index contributed by atoms with van der Waals surface area (Å²) in [6.07, 6.45) is 6.57. The highest BCUT2D eigenvalue weighted by molar-refractivity contribution is 5.92. The molecule has 0 aromatic heterocycles. The molecule has 2 amide bonds. The third kappa shape index (κ3) is 5.37. The Balaban J connectivity index is 1.17. The van der Waals surface area contributed by atoms with Gasteiger partial charge in [-0.15, -0.1) is 0 Å². The number of hydrogen-bond acceptors (Lipinski definition) is 4. The highest BCUT2D eigenvalue weighted by Crippen LogP contribution is 2.22. The number of piperidine rings is 2. The predicted molar refractivity (Wildman–Crippen MR) is 115 cm³/mol. The van der Waals surface area contributed by atoms with Gasteiger partial charge in [-0.1, -0.05) is 18.2 Å². The number of benzene rings is 1. The van der Waals surface area contributed by atoms with Gasteiger partial charge in [-0.3, -0.25) is 14.5 Å². The standard InChI is InChI=1S/C23H34N4O2/c28-22(18-25-14-10-21(11-15-25)26-12-4-5-13-26)27-16-8-19(9-17-27)23(29)24-20-6-2-1-3-7-20/h1-3,6-7,19,21H,4-5,8-18H2,(H,24,29). The highest BCUT2D eigenvalue weighted by atomic mass is 16.2. The van der Waals surface area contributed by atoms with Crippen molar-refractivity contribution < 1.29 is 9.59 Å². The molecule has 0 spiro atoms. The zero-order valence-electron chi connectivity index (χ0n) is 17.4. The van der Waals surface area contributed by atoms with E-state index in [1.807, 2.05) is 35.2 Å². The van der Waals surface area contributed by atoms with Gasteiger partial charge in [0, 0.05) is 43.8 Å². The normalized spacial score (nSPS) is 22.7. The van der Waals surface area contributed by atoms with Crippen LogP contribution in [0.1, 0.15) is 38.5 Å². The van der Waals surface area contributed by atoms with Gasteiger partial charge in [0.25, 0.3) is 0 Å². The van der Waals surface area contributed by atoms with E-state index in [0.29, 0.717) is 19.6 Å². The lowest BCUT2D eigenvalue weighted by molar-refractivity contribution is -0.135. The third-order valence-electron chi connectivity index (χ3n) is 6.83. The monoisotopic (exact) mass is 398 g/mol. The van der Waals surface area contributed by atoms with Crippen molar-refractivity contribution in [2.75, 3.05) is 51.1 Å². The number of para-hydroxylation sites is 1. The van der Waals surface area contributed by atoms with Crippen LogP contribution in [0.3, 0.4) is 0 Å². The minimum absolute atomic E-state index is 0.00420. The van der Waals surface area contributed by atoms with Crippen molar-refractivity contribution in [2.45, 2.75) is 44.6 Å². The van der Waals surface area contributed by atoms with E-state index in [0.717, 1.165) is 37.7 Å². The van der Waals surface area contributed by atoms with Gasteiger partial charge in [0.1, 0.15) is 0 Å². The largest absolute Gasteiger partial charge is 0.342 e. The molecule has 0 bridgehead atoms. The van der Waals surface area contributed by atoms with Crippen molar-refractivity contribution in [1.82, 2.24) is 14.7 Å². The number of nitrogens with zero attached hydrogens (tertiary/aromatic N) is 3. The Hall–Kier alpha value is -1.92. The van der Waals surface area contributed by atoms with Gasteiger partial charge in [0.15, 0.2) is 0 Å². The van der Waals surface area contributed by atoms with E-state index < -0.39 is 0 Å². The third-order valence-corrected chi connectivity index (χ3v) is 6.83. The van der Waals surface area contributed by atoms with Crippen molar-refractivity contribution in [3.05, 3.63) is 30.3 Å². The van der Waals surface area contributed by atoms with E-state index in [2.05, 4.69) is 15.1 Å². The van der Waals surface area contributed by atoms with Crippen LogP contribution in [0.25, 0.3) is 0 Å². The maximum Gasteiger partial charge on any atom is 0.236 e. The summed E-state index contributed by atoms with van der Waals surface area (Å²) in [5, 5.41) is 2.99. The number of anilines is 1. The fraction of sp³-hybridized carbons (Fsp3) is 0.652. The van der Waals surface area contributed by atoms with E-state index in [-0.39, 0.29) is 17.7 Å². The fourth-order valence-corrected chi connectivity index (χ4v) is 5.00. The summed E-state index contributed by atoms with van der Waals surface area (Å²) >= 11 is 0. The summed E-state index contributed by atoms with van der Waals surface area (Å²) in [5.41, 5.74) is 0.841. The average molecular weight is 399 g/mol. The molecule has 0 unspecified atom stereocenters. The molecule has 0 aliphatic carbocycles. The van der Waals surface area contributed by atoms with Crippen molar-refractivity contribution in [1.29, 1.82) is 0 Å². The van der Waals surface area contributed by atoms with E-state index >= 15 is 0 Å². The number of amides is 2. The molecular weight excluding hydrogens is 364 g/mol. The smallest absolute Gasteiger partial charge is 0.236 e. The molecule has 1 aromatic rings. The topological polar surface area (TPSA) is 55.9 Å². The molecule has 6 nitrogen and oxygen atoms in total. The molecular formula is C23H34N4O2. The van der Waals surface area contributed by atoms with Crippen LogP contribution in [0.5, 0.6) is 0 Å². The summed E-state index contributed by atoms with van der Waals surface area (Å²) in [4.78, 5) is 32.1. The Morgan fingerprint density at radius 1 is 0.862 bits per heavy atom. The number of hydrogen-bond donors (Lipinski definition) is 1. The lowest BCUT2D eigenvalue weighted by Gasteiger charge is -2.38. The van der Waals surface area contributed by atoms with Crippen molar-refractivity contribution >= 4 is 17.5 Å². The van der Waals surface area contributed by atoms with Crippen LogP contribution in [-0.4, -0.2) is 78.4 Å². The molecule has 4 rings (SSSR count). The molecule has 3 fully saturated rings. The Kier molecular flexibility index (Phi) is 6.82. The molecule has 29 heavy (non-hydrogen) atoms. The second kappa shape index (κ2) is 9.72. The predicted octanol–water partition coefficient (Wildman–Crippen LogP) is 2.42. The lowest BCUT2D eigenvalue weighted by Crippen LogP contribution is -2.49. The second-order valence-corrected chi connectivity index (χ2v) is 8.76. The zero-order chi connectivity index (χ0) is 20.1. The minimum atomic E-state index is -0.00420. The molecule has 1 N–H and O–H groups in total. The zero-order valence-corrected chi connectivity index (χ0v) is 17.4. The minimum Gasteiger partial charge on any atom is -0.342 e. The summed E-state index contributed by atoms with van der Waals surface area (Å²) in [5.74, 6) is 0.300. The van der Waals surface area contributed by atoms with Gasteiger partial charge in [-0.05, 0) is 63.7 Å². The first-order chi connectivity index (χ1) is 14.2. The first-order valence-corrected chi connectivity index (χ1v) is 11.3.